The fourth-order valence-corrected chi connectivity index (χ4v) is 2.51. The highest BCUT2D eigenvalue weighted by molar-refractivity contribution is 7.98. The Bertz CT molecular complexity index is 636. The molecule has 0 bridgehead atoms. The first kappa shape index (κ1) is 15.4. The first-order valence-corrected chi connectivity index (χ1v) is 7.47. The Balaban J connectivity index is 2.13. The van der Waals surface area contributed by atoms with Crippen molar-refractivity contribution in [3.8, 4) is 17.6 Å². The van der Waals surface area contributed by atoms with Crippen molar-refractivity contribution in [1.29, 1.82) is 0 Å². The molecule has 0 fully saturated rings. The molecule has 21 heavy (non-hydrogen) atoms. The number of ether oxygens (including phenoxy) is 1. The summed E-state index contributed by atoms with van der Waals surface area (Å²) in [5.41, 5.74) is 1.99. The quantitative estimate of drug-likeness (QED) is 0.522. The summed E-state index contributed by atoms with van der Waals surface area (Å²) in [6.45, 7) is 0.0829. The number of hydrogen-bond acceptors (Lipinski definition) is 5. The van der Waals surface area contributed by atoms with Crippen LogP contribution >= 0.6 is 11.8 Å². The van der Waals surface area contributed by atoms with Crippen LogP contribution in [0.25, 0.3) is 0 Å². The van der Waals surface area contributed by atoms with E-state index in [1.165, 1.54) is 6.33 Å². The van der Waals surface area contributed by atoms with Crippen molar-refractivity contribution in [2.45, 2.75) is 17.2 Å². The fourth-order valence-electron chi connectivity index (χ4n) is 1.71. The van der Waals surface area contributed by atoms with E-state index >= 15 is 0 Å². The van der Waals surface area contributed by atoms with Crippen molar-refractivity contribution in [2.75, 3.05) is 13.7 Å². The second kappa shape index (κ2) is 8.30. The molecule has 1 N–H and O–H groups in total. The van der Waals surface area contributed by atoms with Crippen LogP contribution in [0, 0.1) is 11.8 Å². The molecule has 0 radical (unpaired) electrons. The molecule has 2 aromatic rings. The molecule has 0 spiro atoms. The highest BCUT2D eigenvalue weighted by atomic mass is 32.2. The molecule has 0 aliphatic carbocycles. The van der Waals surface area contributed by atoms with E-state index in [9.17, 15) is 0 Å². The van der Waals surface area contributed by atoms with Crippen molar-refractivity contribution in [2.24, 2.45) is 0 Å². The number of methoxy groups -OCH3 is 1. The summed E-state index contributed by atoms with van der Waals surface area (Å²) in [5, 5.41) is 9.67. The molecule has 0 saturated heterocycles. The summed E-state index contributed by atoms with van der Waals surface area (Å²) >= 11 is 1.62. The third-order valence-electron chi connectivity index (χ3n) is 2.68. The molecule has 5 heteroatoms. The van der Waals surface area contributed by atoms with Gasteiger partial charge in [-0.15, -0.1) is 11.8 Å². The number of hydrogen-bond donors (Lipinski definition) is 1. The third-order valence-corrected chi connectivity index (χ3v) is 3.67. The topological polar surface area (TPSA) is 55.2 Å². The number of aromatic nitrogens is 2. The number of aliphatic hydroxyl groups is 1. The monoisotopic (exact) mass is 300 g/mol. The summed E-state index contributed by atoms with van der Waals surface area (Å²) in [6, 6.07) is 7.72. The smallest absolute Gasteiger partial charge is 0.122 e. The van der Waals surface area contributed by atoms with Gasteiger partial charge in [-0.25, -0.2) is 9.97 Å². The zero-order valence-corrected chi connectivity index (χ0v) is 12.6. The Hall–Kier alpha value is -2.03. The molecule has 1 aromatic heterocycles. The van der Waals surface area contributed by atoms with E-state index in [4.69, 9.17) is 9.84 Å². The van der Waals surface area contributed by atoms with E-state index in [2.05, 4.69) is 21.8 Å². The Morgan fingerprint density at radius 1 is 1.33 bits per heavy atom. The second-order valence-corrected chi connectivity index (χ2v) is 5.13. The molecule has 0 amide bonds. The van der Waals surface area contributed by atoms with E-state index in [1.807, 2.05) is 24.3 Å². The van der Waals surface area contributed by atoms with Gasteiger partial charge in [0.15, 0.2) is 0 Å². The van der Waals surface area contributed by atoms with Gasteiger partial charge in [-0.2, -0.15) is 0 Å². The first-order chi connectivity index (χ1) is 10.3. The van der Waals surface area contributed by atoms with Crippen LogP contribution in [0.3, 0.4) is 0 Å². The average molecular weight is 300 g/mol. The van der Waals surface area contributed by atoms with Gasteiger partial charge < -0.3 is 9.84 Å². The highest BCUT2D eigenvalue weighted by Gasteiger charge is 2.05. The van der Waals surface area contributed by atoms with Crippen LogP contribution in [0.5, 0.6) is 5.75 Å². The van der Waals surface area contributed by atoms with Crippen LogP contribution in [0.4, 0.5) is 0 Å². The minimum atomic E-state index is 0.0829. The molecule has 0 aliphatic heterocycles. The largest absolute Gasteiger partial charge is 0.496 e. The molecule has 4 nitrogen and oxygen atoms in total. The minimum Gasteiger partial charge on any atom is -0.496 e. The molecular formula is C16H16N2O2S. The maximum atomic E-state index is 8.75. The Morgan fingerprint density at radius 3 is 2.95 bits per heavy atom. The van der Waals surface area contributed by atoms with Gasteiger partial charge in [0.25, 0.3) is 0 Å². The average Bonchev–Trinajstić information content (AvgIpc) is 2.54. The molecule has 0 saturated carbocycles. The van der Waals surface area contributed by atoms with Crippen molar-refractivity contribution in [3.05, 3.63) is 47.9 Å². The summed E-state index contributed by atoms with van der Waals surface area (Å²) in [4.78, 5) is 8.09. The van der Waals surface area contributed by atoms with E-state index in [0.717, 1.165) is 27.7 Å². The lowest BCUT2D eigenvalue weighted by Gasteiger charge is -2.08. The molecule has 1 aromatic carbocycles. The van der Waals surface area contributed by atoms with E-state index in [-0.39, 0.29) is 6.61 Å². The van der Waals surface area contributed by atoms with Crippen LogP contribution in [-0.4, -0.2) is 28.8 Å². The van der Waals surface area contributed by atoms with E-state index in [1.54, 1.807) is 25.1 Å². The number of benzene rings is 1. The zero-order valence-electron chi connectivity index (χ0n) is 11.7. The maximum Gasteiger partial charge on any atom is 0.122 e. The zero-order chi connectivity index (χ0) is 14.9. The summed E-state index contributed by atoms with van der Waals surface area (Å²) in [7, 11) is 1.66. The Labute approximate surface area is 128 Å². The van der Waals surface area contributed by atoms with Gasteiger partial charge in [-0.3, -0.25) is 0 Å². The van der Waals surface area contributed by atoms with Gasteiger partial charge in [-0.05, 0) is 24.3 Å². The molecule has 0 atom stereocenters. The molecule has 0 aliphatic rings. The molecule has 0 unspecified atom stereocenters. The molecular weight excluding hydrogens is 284 g/mol. The van der Waals surface area contributed by atoms with Crippen LogP contribution in [0.1, 0.15) is 17.5 Å². The number of aliphatic hydroxyl groups excluding tert-OH is 1. The van der Waals surface area contributed by atoms with Crippen molar-refractivity contribution in [1.82, 2.24) is 9.97 Å². The predicted molar refractivity (Wildman–Crippen MR) is 83.2 cm³/mol. The van der Waals surface area contributed by atoms with Gasteiger partial charge in [0, 0.05) is 29.5 Å². The lowest BCUT2D eigenvalue weighted by Crippen LogP contribution is -1.92. The van der Waals surface area contributed by atoms with Crippen LogP contribution in [0.15, 0.2) is 41.8 Å². The maximum absolute atomic E-state index is 8.75. The third kappa shape index (κ3) is 4.78. The van der Waals surface area contributed by atoms with E-state index in [0.29, 0.717) is 6.42 Å². The molecule has 1 heterocycles. The van der Waals surface area contributed by atoms with Crippen molar-refractivity contribution < 1.29 is 9.84 Å². The molecule has 108 valence electrons. The Kier molecular flexibility index (Phi) is 6.07. The SMILES string of the molecule is COc1ccc(C#CCCO)cc1CSc1ccncn1. The van der Waals surface area contributed by atoms with Gasteiger partial charge in [0.1, 0.15) is 12.1 Å². The second-order valence-electron chi connectivity index (χ2n) is 4.14. The number of nitrogens with zero attached hydrogens (tertiary/aromatic N) is 2. The van der Waals surface area contributed by atoms with Crippen LogP contribution in [-0.2, 0) is 5.75 Å². The minimum absolute atomic E-state index is 0.0829. The predicted octanol–water partition coefficient (Wildman–Crippen LogP) is 2.51. The van der Waals surface area contributed by atoms with Gasteiger partial charge >= 0.3 is 0 Å². The standard InChI is InChI=1S/C16H16N2O2S/c1-20-15-6-5-13(4-2-3-9-19)10-14(15)11-21-16-7-8-17-12-18-16/h5-8,10,12,19H,3,9,11H2,1H3. The van der Waals surface area contributed by atoms with Crippen molar-refractivity contribution in [3.63, 3.8) is 0 Å². The Morgan fingerprint density at radius 2 is 2.24 bits per heavy atom. The van der Waals surface area contributed by atoms with Gasteiger partial charge in [-0.1, -0.05) is 11.8 Å². The number of thioether (sulfide) groups is 1. The van der Waals surface area contributed by atoms with E-state index < -0.39 is 0 Å². The van der Waals surface area contributed by atoms with Gasteiger partial charge in [0.05, 0.1) is 18.7 Å². The highest BCUT2D eigenvalue weighted by Crippen LogP contribution is 2.27. The van der Waals surface area contributed by atoms with Crippen LogP contribution in [0.2, 0.25) is 0 Å². The summed E-state index contributed by atoms with van der Waals surface area (Å²) in [6.07, 6.45) is 3.75. The normalized spacial score (nSPS) is 9.81. The van der Waals surface area contributed by atoms with Crippen molar-refractivity contribution >= 4 is 11.8 Å². The van der Waals surface area contributed by atoms with Gasteiger partial charge in [0.2, 0.25) is 0 Å². The first-order valence-electron chi connectivity index (χ1n) is 6.49. The summed E-state index contributed by atoms with van der Waals surface area (Å²) < 4.78 is 5.38. The van der Waals surface area contributed by atoms with Crippen LogP contribution < -0.4 is 4.74 Å². The lowest BCUT2D eigenvalue weighted by molar-refractivity contribution is 0.305. The fraction of sp³-hybridized carbons (Fsp3) is 0.250. The summed E-state index contributed by atoms with van der Waals surface area (Å²) in [5.74, 6) is 7.54. The molecule has 2 rings (SSSR count). The number of rotatable bonds is 5. The lowest BCUT2D eigenvalue weighted by atomic mass is 10.1.